The van der Waals surface area contributed by atoms with Crippen LogP contribution in [0.2, 0.25) is 0 Å². The van der Waals surface area contributed by atoms with E-state index in [1.165, 1.54) is 12.8 Å². The topological polar surface area (TPSA) is 83.1 Å². The highest BCUT2D eigenvalue weighted by Gasteiger charge is 2.24. The zero-order valence-electron chi connectivity index (χ0n) is 18.4. The quantitative estimate of drug-likeness (QED) is 0.787. The van der Waals surface area contributed by atoms with Gasteiger partial charge in [0.2, 0.25) is 0 Å². The van der Waals surface area contributed by atoms with E-state index in [0.29, 0.717) is 30.3 Å². The minimum atomic E-state index is -0.139. The summed E-state index contributed by atoms with van der Waals surface area (Å²) in [6.45, 7) is 6.73. The first-order valence-corrected chi connectivity index (χ1v) is 10.7. The lowest BCUT2D eigenvalue weighted by molar-refractivity contribution is 0.208. The second-order valence-corrected chi connectivity index (χ2v) is 7.80. The number of carbonyl (C=O) groups excluding carboxylic acids is 1. The maximum atomic E-state index is 12.8. The van der Waals surface area contributed by atoms with E-state index in [-0.39, 0.29) is 6.03 Å². The summed E-state index contributed by atoms with van der Waals surface area (Å²) in [6.07, 6.45) is 2.43. The number of ether oxygens (including phenoxy) is 2. The number of rotatable bonds is 5. The van der Waals surface area contributed by atoms with Gasteiger partial charge in [-0.25, -0.2) is 14.8 Å². The molecule has 1 N–H and O–H groups in total. The van der Waals surface area contributed by atoms with Crippen LogP contribution in [-0.4, -0.2) is 74.4 Å². The van der Waals surface area contributed by atoms with Crippen molar-refractivity contribution in [1.82, 2.24) is 14.9 Å². The van der Waals surface area contributed by atoms with Gasteiger partial charge in [0, 0.05) is 51.4 Å². The summed E-state index contributed by atoms with van der Waals surface area (Å²) in [5.74, 6) is 3.97. The molecular formula is C22H30N6O3. The molecule has 0 atom stereocenters. The van der Waals surface area contributed by atoms with E-state index in [2.05, 4.69) is 31.2 Å². The van der Waals surface area contributed by atoms with Crippen LogP contribution in [0.5, 0.6) is 11.5 Å². The van der Waals surface area contributed by atoms with Crippen LogP contribution in [0.4, 0.5) is 22.1 Å². The van der Waals surface area contributed by atoms with Crippen LogP contribution in [0.3, 0.4) is 0 Å². The molecule has 3 heterocycles. The van der Waals surface area contributed by atoms with Gasteiger partial charge in [0.25, 0.3) is 0 Å². The zero-order chi connectivity index (χ0) is 21.8. The van der Waals surface area contributed by atoms with Crippen LogP contribution in [-0.2, 0) is 0 Å². The monoisotopic (exact) mass is 426 g/mol. The van der Waals surface area contributed by atoms with Gasteiger partial charge in [0.05, 0.1) is 19.9 Å². The molecule has 31 heavy (non-hydrogen) atoms. The van der Waals surface area contributed by atoms with Crippen LogP contribution in [0.15, 0.2) is 24.3 Å². The number of nitrogens with one attached hydrogen (secondary N) is 1. The molecule has 166 valence electrons. The second-order valence-electron chi connectivity index (χ2n) is 7.80. The van der Waals surface area contributed by atoms with Crippen LogP contribution in [0, 0.1) is 6.92 Å². The van der Waals surface area contributed by atoms with E-state index in [1.807, 2.05) is 11.8 Å². The summed E-state index contributed by atoms with van der Waals surface area (Å²) in [4.78, 5) is 28.4. The summed E-state index contributed by atoms with van der Waals surface area (Å²) < 4.78 is 10.6. The van der Waals surface area contributed by atoms with Crippen molar-refractivity contribution in [2.45, 2.75) is 19.8 Å². The van der Waals surface area contributed by atoms with E-state index >= 15 is 0 Å². The molecule has 0 aliphatic carbocycles. The van der Waals surface area contributed by atoms with Gasteiger partial charge in [-0.2, -0.15) is 0 Å². The minimum absolute atomic E-state index is 0.139. The lowest BCUT2D eigenvalue weighted by Gasteiger charge is -2.35. The van der Waals surface area contributed by atoms with Gasteiger partial charge < -0.3 is 29.5 Å². The van der Waals surface area contributed by atoms with Crippen molar-refractivity contribution in [2.24, 2.45) is 0 Å². The van der Waals surface area contributed by atoms with Crippen molar-refractivity contribution in [2.75, 3.05) is 68.6 Å². The summed E-state index contributed by atoms with van der Waals surface area (Å²) in [6, 6.07) is 7.28. The Hall–Kier alpha value is -3.23. The van der Waals surface area contributed by atoms with Crippen LogP contribution in [0.25, 0.3) is 0 Å². The number of aryl methyl sites for hydroxylation is 1. The number of nitrogens with zero attached hydrogens (tertiary/aromatic N) is 5. The Morgan fingerprint density at radius 3 is 2.16 bits per heavy atom. The van der Waals surface area contributed by atoms with Crippen molar-refractivity contribution in [3.63, 3.8) is 0 Å². The number of amides is 2. The van der Waals surface area contributed by atoms with Gasteiger partial charge >= 0.3 is 6.03 Å². The van der Waals surface area contributed by atoms with Crippen molar-refractivity contribution in [3.8, 4) is 11.5 Å². The van der Waals surface area contributed by atoms with Crippen molar-refractivity contribution < 1.29 is 14.3 Å². The molecule has 2 fully saturated rings. The molecule has 0 saturated carbocycles. The zero-order valence-corrected chi connectivity index (χ0v) is 18.4. The van der Waals surface area contributed by atoms with E-state index in [4.69, 9.17) is 9.47 Å². The number of anilines is 3. The third-order valence-corrected chi connectivity index (χ3v) is 5.78. The molecule has 2 aromatic rings. The highest BCUT2D eigenvalue weighted by Crippen LogP contribution is 2.29. The molecule has 1 aromatic carbocycles. The summed E-state index contributed by atoms with van der Waals surface area (Å²) >= 11 is 0. The summed E-state index contributed by atoms with van der Waals surface area (Å²) in [5.41, 5.74) is 0.623. The molecule has 2 aliphatic heterocycles. The maximum absolute atomic E-state index is 12.8. The van der Waals surface area contributed by atoms with Gasteiger partial charge in [0.15, 0.2) is 0 Å². The number of aromatic nitrogens is 2. The van der Waals surface area contributed by atoms with Crippen LogP contribution < -0.4 is 24.6 Å². The van der Waals surface area contributed by atoms with E-state index in [1.54, 1.807) is 32.4 Å². The Balaban J connectivity index is 1.38. The third kappa shape index (κ3) is 4.76. The lowest BCUT2D eigenvalue weighted by Crippen LogP contribution is -2.50. The van der Waals surface area contributed by atoms with Crippen LogP contribution in [0.1, 0.15) is 18.7 Å². The fraction of sp³-hybridized carbons (Fsp3) is 0.500. The Kier molecular flexibility index (Phi) is 6.29. The molecule has 0 unspecified atom stereocenters. The lowest BCUT2D eigenvalue weighted by atomic mass is 10.2. The minimum Gasteiger partial charge on any atom is -0.497 e. The first kappa shape index (κ1) is 21.0. The van der Waals surface area contributed by atoms with Gasteiger partial charge in [0.1, 0.15) is 29.0 Å². The normalized spacial score (nSPS) is 16.4. The number of hydrogen-bond donors (Lipinski definition) is 1. The predicted octanol–water partition coefficient (Wildman–Crippen LogP) is 2.76. The summed E-state index contributed by atoms with van der Waals surface area (Å²) in [7, 11) is 3.17. The smallest absolute Gasteiger partial charge is 0.322 e. The molecule has 0 spiro atoms. The molecule has 4 rings (SSSR count). The molecule has 9 nitrogen and oxygen atoms in total. The molecule has 1 aromatic heterocycles. The van der Waals surface area contributed by atoms with Crippen LogP contribution >= 0.6 is 0 Å². The van der Waals surface area contributed by atoms with Crippen molar-refractivity contribution >= 4 is 23.4 Å². The van der Waals surface area contributed by atoms with Gasteiger partial charge in [-0.1, -0.05) is 0 Å². The fourth-order valence-corrected chi connectivity index (χ4v) is 4.04. The molecule has 9 heteroatoms. The number of urea groups is 1. The van der Waals surface area contributed by atoms with E-state index < -0.39 is 0 Å². The Morgan fingerprint density at radius 2 is 1.55 bits per heavy atom. The Bertz CT molecular complexity index is 923. The molecule has 2 amide bonds. The second kappa shape index (κ2) is 9.28. The largest absolute Gasteiger partial charge is 0.497 e. The Labute approximate surface area is 183 Å². The number of methoxy groups -OCH3 is 2. The van der Waals surface area contributed by atoms with Gasteiger partial charge in [-0.3, -0.25) is 0 Å². The molecular weight excluding hydrogens is 396 g/mol. The number of hydrogen-bond acceptors (Lipinski definition) is 7. The van der Waals surface area contributed by atoms with Crippen molar-refractivity contribution in [1.29, 1.82) is 0 Å². The molecule has 2 saturated heterocycles. The summed E-state index contributed by atoms with van der Waals surface area (Å²) in [5, 5.41) is 2.95. The SMILES string of the molecule is COc1ccc(NC(=O)N2CCN(c3cc(N4CCCC4)nc(C)n3)CC2)c(OC)c1. The maximum Gasteiger partial charge on any atom is 0.322 e. The number of carbonyl (C=O) groups is 1. The van der Waals surface area contributed by atoms with E-state index in [9.17, 15) is 4.79 Å². The molecule has 0 radical (unpaired) electrons. The number of benzene rings is 1. The molecule has 2 aliphatic rings. The average molecular weight is 427 g/mol. The van der Waals surface area contributed by atoms with Gasteiger partial charge in [-0.15, -0.1) is 0 Å². The first-order valence-electron chi connectivity index (χ1n) is 10.7. The average Bonchev–Trinajstić information content (AvgIpc) is 3.34. The van der Waals surface area contributed by atoms with E-state index in [0.717, 1.165) is 43.6 Å². The fourth-order valence-electron chi connectivity index (χ4n) is 4.04. The van der Waals surface area contributed by atoms with Crippen molar-refractivity contribution in [3.05, 3.63) is 30.1 Å². The predicted molar refractivity (Wildman–Crippen MR) is 121 cm³/mol. The standard InChI is InChI=1S/C22H30N6O3/c1-16-23-20(26-8-4-5-9-26)15-21(24-16)27-10-12-28(13-11-27)22(29)25-18-7-6-17(30-2)14-19(18)31-3/h6-7,14-15H,4-5,8-13H2,1-3H3,(H,25,29). The molecule has 0 bridgehead atoms. The highest BCUT2D eigenvalue weighted by atomic mass is 16.5. The van der Waals surface area contributed by atoms with Gasteiger partial charge in [-0.05, 0) is 31.9 Å². The highest BCUT2D eigenvalue weighted by molar-refractivity contribution is 5.91. The first-order chi connectivity index (χ1) is 15.1. The number of piperazine rings is 1. The third-order valence-electron chi connectivity index (χ3n) is 5.78. The Morgan fingerprint density at radius 1 is 0.903 bits per heavy atom.